The van der Waals surface area contributed by atoms with Crippen LogP contribution in [0.15, 0.2) is 4.99 Å². The summed E-state index contributed by atoms with van der Waals surface area (Å²) in [7, 11) is 1.99. The number of guanidine groups is 1. The number of rotatable bonds is 5. The van der Waals surface area contributed by atoms with Crippen LogP contribution in [0.4, 0.5) is 0 Å². The van der Waals surface area contributed by atoms with Crippen molar-refractivity contribution in [3.05, 3.63) is 17.0 Å². The third-order valence-electron chi connectivity index (χ3n) is 5.22. The van der Waals surface area contributed by atoms with Crippen molar-refractivity contribution in [2.45, 2.75) is 59.9 Å². The van der Waals surface area contributed by atoms with E-state index in [1.165, 1.54) is 36.9 Å². The Morgan fingerprint density at radius 3 is 2.54 bits per heavy atom. The minimum Gasteiger partial charge on any atom is -0.357 e. The molecule has 6 heteroatoms. The Hall–Kier alpha value is -0.790. The lowest BCUT2D eigenvalue weighted by atomic mass is 9.80. The first-order valence-corrected chi connectivity index (χ1v) is 9.04. The number of aromatic nitrogens is 2. The first kappa shape index (κ1) is 21.3. The van der Waals surface area contributed by atoms with Crippen molar-refractivity contribution in [2.24, 2.45) is 23.9 Å². The molecule has 0 radical (unpaired) electrons. The Balaban J connectivity index is 0.00000288. The fourth-order valence-corrected chi connectivity index (χ4v) is 3.47. The van der Waals surface area contributed by atoms with Crippen molar-refractivity contribution in [3.63, 3.8) is 0 Å². The average molecular weight is 447 g/mol. The molecule has 0 amide bonds. The van der Waals surface area contributed by atoms with Crippen molar-refractivity contribution in [1.82, 2.24) is 20.4 Å². The van der Waals surface area contributed by atoms with Gasteiger partial charge in [0, 0.05) is 31.4 Å². The molecule has 0 saturated heterocycles. The van der Waals surface area contributed by atoms with Gasteiger partial charge in [-0.05, 0) is 39.0 Å². The summed E-state index contributed by atoms with van der Waals surface area (Å²) in [5, 5.41) is 11.4. The lowest BCUT2D eigenvalue weighted by molar-refractivity contribution is 0.256. The maximum absolute atomic E-state index is 4.77. The topological polar surface area (TPSA) is 54.2 Å². The van der Waals surface area contributed by atoms with Crippen molar-refractivity contribution in [1.29, 1.82) is 0 Å². The van der Waals surface area contributed by atoms with E-state index in [1.54, 1.807) is 0 Å². The Morgan fingerprint density at radius 1 is 1.25 bits per heavy atom. The van der Waals surface area contributed by atoms with E-state index in [2.05, 4.69) is 43.4 Å². The highest BCUT2D eigenvalue weighted by molar-refractivity contribution is 14.0. The van der Waals surface area contributed by atoms with Crippen molar-refractivity contribution in [3.8, 4) is 0 Å². The minimum absolute atomic E-state index is 0. The maximum atomic E-state index is 4.77. The Kier molecular flexibility index (Phi) is 9.08. The molecule has 1 fully saturated rings. The number of nitrogens with zero attached hydrogens (tertiary/aromatic N) is 3. The second-order valence-corrected chi connectivity index (χ2v) is 6.87. The normalized spacial score (nSPS) is 21.3. The van der Waals surface area contributed by atoms with Crippen LogP contribution in [0.1, 0.15) is 56.5 Å². The number of aryl methyl sites for hydroxylation is 2. The molecule has 24 heavy (non-hydrogen) atoms. The summed E-state index contributed by atoms with van der Waals surface area (Å²) in [4.78, 5) is 4.77. The quantitative estimate of drug-likeness (QED) is 0.413. The third kappa shape index (κ3) is 5.63. The number of halogens is 1. The molecule has 2 N–H and O–H groups in total. The van der Waals surface area contributed by atoms with Gasteiger partial charge in [0.1, 0.15) is 0 Å². The van der Waals surface area contributed by atoms with Crippen LogP contribution in [0.2, 0.25) is 0 Å². The zero-order valence-electron chi connectivity index (χ0n) is 15.9. The summed E-state index contributed by atoms with van der Waals surface area (Å²) in [6, 6.07) is 0. The van der Waals surface area contributed by atoms with Crippen molar-refractivity contribution < 1.29 is 0 Å². The molecule has 1 aromatic rings. The summed E-state index contributed by atoms with van der Waals surface area (Å²) in [6.45, 7) is 11.3. The van der Waals surface area contributed by atoms with Gasteiger partial charge in [-0.15, -0.1) is 24.0 Å². The lowest BCUT2D eigenvalue weighted by Crippen LogP contribution is -2.41. The largest absolute Gasteiger partial charge is 0.357 e. The van der Waals surface area contributed by atoms with Gasteiger partial charge in [-0.1, -0.05) is 26.2 Å². The van der Waals surface area contributed by atoms with E-state index >= 15 is 0 Å². The second kappa shape index (κ2) is 10.3. The number of hydrogen-bond acceptors (Lipinski definition) is 2. The standard InChI is InChI=1S/C18H33N5.HI/c1-6-19-18(20-11-16-10-8-7-9-13(16)2)21-12-17-14(3)22-23(5)15(17)4;/h13,16H,6-12H2,1-5H3,(H2,19,20,21);1H. The second-order valence-electron chi connectivity index (χ2n) is 6.87. The molecule has 0 aromatic carbocycles. The molecule has 1 aromatic heterocycles. The van der Waals surface area contributed by atoms with Crippen LogP contribution in [-0.4, -0.2) is 28.8 Å². The molecular weight excluding hydrogens is 413 g/mol. The summed E-state index contributed by atoms with van der Waals surface area (Å²) >= 11 is 0. The average Bonchev–Trinajstić information content (AvgIpc) is 2.77. The van der Waals surface area contributed by atoms with Gasteiger partial charge in [-0.2, -0.15) is 5.10 Å². The van der Waals surface area contributed by atoms with Gasteiger partial charge in [-0.3, -0.25) is 4.68 Å². The highest BCUT2D eigenvalue weighted by Crippen LogP contribution is 2.28. The Bertz CT molecular complexity index is 538. The van der Waals surface area contributed by atoms with Crippen molar-refractivity contribution in [2.75, 3.05) is 13.1 Å². The predicted octanol–water partition coefficient (Wildman–Crippen LogP) is 3.54. The summed E-state index contributed by atoms with van der Waals surface area (Å²) in [5.74, 6) is 2.52. The Morgan fingerprint density at radius 2 is 1.96 bits per heavy atom. The zero-order valence-corrected chi connectivity index (χ0v) is 18.2. The molecule has 1 heterocycles. The highest BCUT2D eigenvalue weighted by atomic mass is 127. The van der Waals surface area contributed by atoms with E-state index in [0.717, 1.165) is 36.6 Å². The van der Waals surface area contributed by atoms with Crippen LogP contribution in [-0.2, 0) is 13.6 Å². The molecule has 0 bridgehead atoms. The molecule has 1 aliphatic carbocycles. The van der Waals surface area contributed by atoms with Gasteiger partial charge in [0.15, 0.2) is 5.96 Å². The lowest BCUT2D eigenvalue weighted by Gasteiger charge is -2.29. The minimum atomic E-state index is 0. The molecule has 2 rings (SSSR count). The van der Waals surface area contributed by atoms with E-state index < -0.39 is 0 Å². The van der Waals surface area contributed by atoms with Gasteiger partial charge in [0.25, 0.3) is 0 Å². The fraction of sp³-hybridized carbons (Fsp3) is 0.778. The summed E-state index contributed by atoms with van der Waals surface area (Å²) in [6.07, 6.45) is 5.48. The first-order valence-electron chi connectivity index (χ1n) is 9.04. The maximum Gasteiger partial charge on any atom is 0.191 e. The van der Waals surface area contributed by atoms with Gasteiger partial charge in [-0.25, -0.2) is 4.99 Å². The molecule has 2 atom stereocenters. The SMILES string of the molecule is CCNC(=NCc1c(C)nn(C)c1C)NCC1CCCCC1C.I. The van der Waals surface area contributed by atoms with Gasteiger partial charge >= 0.3 is 0 Å². The van der Waals surface area contributed by atoms with Gasteiger partial charge in [0.05, 0.1) is 12.2 Å². The molecule has 1 saturated carbocycles. The van der Waals surface area contributed by atoms with E-state index in [9.17, 15) is 0 Å². The van der Waals surface area contributed by atoms with E-state index in [4.69, 9.17) is 4.99 Å². The van der Waals surface area contributed by atoms with E-state index in [0.29, 0.717) is 6.54 Å². The number of aliphatic imine (C=N–C) groups is 1. The van der Waals surface area contributed by atoms with Crippen LogP contribution < -0.4 is 10.6 Å². The zero-order chi connectivity index (χ0) is 16.8. The van der Waals surface area contributed by atoms with E-state index in [-0.39, 0.29) is 24.0 Å². The molecule has 0 spiro atoms. The van der Waals surface area contributed by atoms with Gasteiger partial charge in [0.2, 0.25) is 0 Å². The number of hydrogen-bond donors (Lipinski definition) is 2. The van der Waals surface area contributed by atoms with E-state index in [1.807, 2.05) is 11.7 Å². The molecule has 1 aliphatic rings. The fourth-order valence-electron chi connectivity index (χ4n) is 3.47. The first-order chi connectivity index (χ1) is 11.0. The predicted molar refractivity (Wildman–Crippen MR) is 112 cm³/mol. The van der Waals surface area contributed by atoms with Crippen LogP contribution in [0, 0.1) is 25.7 Å². The highest BCUT2D eigenvalue weighted by Gasteiger charge is 2.21. The molecule has 138 valence electrons. The molecule has 2 unspecified atom stereocenters. The summed E-state index contributed by atoms with van der Waals surface area (Å²) < 4.78 is 1.93. The molecular formula is C18H34IN5. The van der Waals surface area contributed by atoms with Gasteiger partial charge < -0.3 is 10.6 Å². The van der Waals surface area contributed by atoms with Crippen molar-refractivity contribution >= 4 is 29.9 Å². The van der Waals surface area contributed by atoms with Crippen LogP contribution in [0.3, 0.4) is 0 Å². The van der Waals surface area contributed by atoms with Crippen LogP contribution in [0.5, 0.6) is 0 Å². The Labute approximate surface area is 164 Å². The molecule has 0 aliphatic heterocycles. The molecule has 5 nitrogen and oxygen atoms in total. The van der Waals surface area contributed by atoms with Crippen LogP contribution in [0.25, 0.3) is 0 Å². The number of nitrogens with one attached hydrogen (secondary N) is 2. The summed E-state index contributed by atoms with van der Waals surface area (Å²) in [5.41, 5.74) is 3.50. The van der Waals surface area contributed by atoms with Crippen LogP contribution >= 0.6 is 24.0 Å². The third-order valence-corrected chi connectivity index (χ3v) is 5.22. The smallest absolute Gasteiger partial charge is 0.191 e. The monoisotopic (exact) mass is 447 g/mol.